The summed E-state index contributed by atoms with van der Waals surface area (Å²) in [5.41, 5.74) is 0.676. The number of para-hydroxylation sites is 1. The van der Waals surface area contributed by atoms with E-state index in [-0.39, 0.29) is 16.5 Å². The molecule has 2 N–H and O–H groups in total. The minimum atomic E-state index is -4.02. The van der Waals surface area contributed by atoms with E-state index >= 15 is 0 Å². The molecule has 140 valence electrons. The van der Waals surface area contributed by atoms with Crippen LogP contribution in [-0.4, -0.2) is 14.3 Å². The zero-order valence-corrected chi connectivity index (χ0v) is 16.2. The van der Waals surface area contributed by atoms with Crippen molar-refractivity contribution in [2.24, 2.45) is 0 Å². The van der Waals surface area contributed by atoms with E-state index in [0.29, 0.717) is 16.1 Å². The van der Waals surface area contributed by atoms with Crippen LogP contribution in [0.4, 0.5) is 15.8 Å². The number of amides is 1. The fraction of sp³-hybridized carbons (Fsp3) is 0.105. The maximum Gasteiger partial charge on any atom is 0.265 e. The molecule has 8 heteroatoms. The molecular formula is C19H17FN2O3S2. The van der Waals surface area contributed by atoms with Gasteiger partial charge in [0.1, 0.15) is 5.82 Å². The summed E-state index contributed by atoms with van der Waals surface area (Å²) in [4.78, 5) is 13.8. The Labute approximate surface area is 160 Å². The molecule has 0 bridgehead atoms. The molecule has 1 amide bonds. The number of hydrogen-bond acceptors (Lipinski definition) is 4. The first-order valence-corrected chi connectivity index (χ1v) is 10.3. The number of hydrogen-bond donors (Lipinski definition) is 2. The Morgan fingerprint density at radius 3 is 2.44 bits per heavy atom. The van der Waals surface area contributed by atoms with E-state index in [1.54, 1.807) is 25.1 Å². The quantitative estimate of drug-likeness (QED) is 0.655. The third kappa shape index (κ3) is 4.35. The summed E-state index contributed by atoms with van der Waals surface area (Å²) in [5, 5.41) is 2.69. The van der Waals surface area contributed by atoms with E-state index in [1.165, 1.54) is 41.7 Å². The first-order chi connectivity index (χ1) is 12.8. The zero-order chi connectivity index (χ0) is 19.6. The smallest absolute Gasteiger partial charge is 0.265 e. The Morgan fingerprint density at radius 1 is 1.04 bits per heavy atom. The van der Waals surface area contributed by atoms with Gasteiger partial charge >= 0.3 is 0 Å². The first kappa shape index (κ1) is 19.1. The van der Waals surface area contributed by atoms with Crippen molar-refractivity contribution in [1.82, 2.24) is 0 Å². The number of halogens is 1. The number of anilines is 2. The summed E-state index contributed by atoms with van der Waals surface area (Å²) in [7, 11) is -4.02. The Balaban J connectivity index is 1.88. The molecule has 3 rings (SSSR count). The van der Waals surface area contributed by atoms with Crippen LogP contribution in [0.5, 0.6) is 0 Å². The highest BCUT2D eigenvalue weighted by Gasteiger charge is 2.20. The van der Waals surface area contributed by atoms with Crippen molar-refractivity contribution < 1.29 is 17.6 Å². The van der Waals surface area contributed by atoms with Crippen LogP contribution in [0.3, 0.4) is 0 Å². The molecule has 1 aromatic heterocycles. The van der Waals surface area contributed by atoms with Gasteiger partial charge in [-0.1, -0.05) is 18.2 Å². The van der Waals surface area contributed by atoms with Crippen LogP contribution in [0.2, 0.25) is 0 Å². The van der Waals surface area contributed by atoms with Crippen molar-refractivity contribution in [2.45, 2.75) is 18.7 Å². The van der Waals surface area contributed by atoms with Gasteiger partial charge in [0, 0.05) is 10.6 Å². The maximum atomic E-state index is 13.8. The fourth-order valence-corrected chi connectivity index (χ4v) is 4.56. The van der Waals surface area contributed by atoms with Gasteiger partial charge < -0.3 is 5.32 Å². The zero-order valence-electron chi connectivity index (χ0n) is 14.6. The van der Waals surface area contributed by atoms with Crippen molar-refractivity contribution in [3.63, 3.8) is 0 Å². The molecule has 0 aliphatic heterocycles. The van der Waals surface area contributed by atoms with Crippen LogP contribution in [-0.2, 0) is 10.0 Å². The third-order valence-corrected chi connectivity index (χ3v) is 6.32. The summed E-state index contributed by atoms with van der Waals surface area (Å²) in [6.45, 7) is 3.52. The molecule has 0 radical (unpaired) electrons. The number of aryl methyl sites for hydroxylation is 2. The van der Waals surface area contributed by atoms with Crippen LogP contribution in [0.15, 0.2) is 59.5 Å². The van der Waals surface area contributed by atoms with E-state index in [9.17, 15) is 17.6 Å². The summed E-state index contributed by atoms with van der Waals surface area (Å²) in [6, 6.07) is 13.6. The summed E-state index contributed by atoms with van der Waals surface area (Å²) >= 11 is 1.35. The maximum absolute atomic E-state index is 13.8. The number of carbonyl (C=O) groups is 1. The number of sulfonamides is 1. The van der Waals surface area contributed by atoms with Gasteiger partial charge in [0.05, 0.1) is 15.5 Å². The second-order valence-electron chi connectivity index (χ2n) is 5.93. The van der Waals surface area contributed by atoms with Gasteiger partial charge in [-0.3, -0.25) is 9.52 Å². The molecule has 0 saturated heterocycles. The highest BCUT2D eigenvalue weighted by atomic mass is 32.2. The topological polar surface area (TPSA) is 75.3 Å². The molecule has 0 aliphatic carbocycles. The number of nitrogens with one attached hydrogen (secondary N) is 2. The van der Waals surface area contributed by atoms with Crippen LogP contribution in [0.25, 0.3) is 0 Å². The average Bonchev–Trinajstić information content (AvgIpc) is 3.05. The second-order valence-corrected chi connectivity index (χ2v) is 8.87. The van der Waals surface area contributed by atoms with Crippen LogP contribution >= 0.6 is 11.3 Å². The highest BCUT2D eigenvalue weighted by molar-refractivity contribution is 7.92. The lowest BCUT2D eigenvalue weighted by molar-refractivity contribution is 0.103. The van der Waals surface area contributed by atoms with Crippen LogP contribution in [0, 0.1) is 19.7 Å². The monoisotopic (exact) mass is 404 g/mol. The minimum Gasteiger partial charge on any atom is -0.321 e. The average molecular weight is 404 g/mol. The normalized spacial score (nSPS) is 11.2. The van der Waals surface area contributed by atoms with Crippen molar-refractivity contribution in [3.05, 3.63) is 75.7 Å². The molecular weight excluding hydrogens is 387 g/mol. The summed E-state index contributed by atoms with van der Waals surface area (Å²) < 4.78 is 41.4. The molecule has 0 aliphatic rings. The van der Waals surface area contributed by atoms with Gasteiger partial charge in [0.25, 0.3) is 15.9 Å². The van der Waals surface area contributed by atoms with Gasteiger partial charge in [-0.05, 0) is 55.8 Å². The minimum absolute atomic E-state index is 0.0362. The van der Waals surface area contributed by atoms with E-state index in [4.69, 9.17) is 0 Å². The summed E-state index contributed by atoms with van der Waals surface area (Å²) in [5.74, 6) is -0.987. The summed E-state index contributed by atoms with van der Waals surface area (Å²) in [6.07, 6.45) is 0. The lowest BCUT2D eigenvalue weighted by atomic mass is 10.2. The molecule has 0 saturated carbocycles. The molecule has 1 heterocycles. The fourth-order valence-electron chi connectivity index (χ4n) is 2.46. The molecule has 3 aromatic rings. The van der Waals surface area contributed by atoms with E-state index in [1.807, 2.05) is 13.0 Å². The lowest BCUT2D eigenvalue weighted by Crippen LogP contribution is -2.16. The van der Waals surface area contributed by atoms with Gasteiger partial charge in [-0.2, -0.15) is 0 Å². The van der Waals surface area contributed by atoms with E-state index in [0.717, 1.165) is 4.88 Å². The van der Waals surface area contributed by atoms with Crippen molar-refractivity contribution in [1.29, 1.82) is 0 Å². The van der Waals surface area contributed by atoms with Crippen LogP contribution < -0.4 is 10.0 Å². The molecule has 27 heavy (non-hydrogen) atoms. The molecule has 0 atom stereocenters. The Morgan fingerprint density at radius 2 is 1.78 bits per heavy atom. The third-order valence-electron chi connectivity index (χ3n) is 3.82. The molecule has 0 unspecified atom stereocenters. The Hall–Kier alpha value is -2.71. The van der Waals surface area contributed by atoms with E-state index < -0.39 is 15.8 Å². The second kappa shape index (κ2) is 7.50. The first-order valence-electron chi connectivity index (χ1n) is 8.02. The van der Waals surface area contributed by atoms with E-state index in [2.05, 4.69) is 10.0 Å². The molecule has 0 fully saturated rings. The molecule has 5 nitrogen and oxygen atoms in total. The van der Waals surface area contributed by atoms with Crippen LogP contribution in [0.1, 0.15) is 20.1 Å². The van der Waals surface area contributed by atoms with Crippen molar-refractivity contribution in [2.75, 3.05) is 10.0 Å². The predicted molar refractivity (Wildman–Crippen MR) is 105 cm³/mol. The Bertz CT molecular complexity index is 1110. The number of thiophene rings is 1. The number of rotatable bonds is 5. The SMILES string of the molecule is Cc1ccc(C(=O)Nc2ccc(C)c(S(=O)(=O)Nc3ccccc3F)c2)s1. The van der Waals surface area contributed by atoms with Crippen molar-refractivity contribution >= 4 is 38.6 Å². The highest BCUT2D eigenvalue weighted by Crippen LogP contribution is 2.25. The van der Waals surface area contributed by atoms with Crippen molar-refractivity contribution in [3.8, 4) is 0 Å². The van der Waals surface area contributed by atoms with Gasteiger partial charge in [-0.15, -0.1) is 11.3 Å². The molecule has 2 aromatic carbocycles. The lowest BCUT2D eigenvalue weighted by Gasteiger charge is -2.13. The largest absolute Gasteiger partial charge is 0.321 e. The standard InChI is InChI=1S/C19H17FN2O3S2/c1-12-7-9-14(21-19(23)17-10-8-13(2)26-17)11-18(12)27(24,25)22-16-6-4-3-5-15(16)20/h3-11,22H,1-2H3,(H,21,23). The van der Waals surface area contributed by atoms with Gasteiger partial charge in [-0.25, -0.2) is 12.8 Å². The Kier molecular flexibility index (Phi) is 5.29. The predicted octanol–water partition coefficient (Wildman–Crippen LogP) is 4.56. The van der Waals surface area contributed by atoms with Gasteiger partial charge in [0.2, 0.25) is 0 Å². The number of benzene rings is 2. The van der Waals surface area contributed by atoms with Gasteiger partial charge in [0.15, 0.2) is 0 Å². The number of carbonyl (C=O) groups excluding carboxylic acids is 1. The molecule has 0 spiro atoms.